The summed E-state index contributed by atoms with van der Waals surface area (Å²) in [6.07, 6.45) is 2.03. The molecule has 0 radical (unpaired) electrons. The van der Waals surface area contributed by atoms with Crippen LogP contribution in [0.4, 0.5) is 0 Å². The van der Waals surface area contributed by atoms with E-state index >= 15 is 0 Å². The Bertz CT molecular complexity index is 189. The molecule has 1 aliphatic heterocycles. The van der Waals surface area contributed by atoms with E-state index in [0.29, 0.717) is 13.2 Å². The molecule has 0 aromatic rings. The lowest BCUT2D eigenvalue weighted by Crippen LogP contribution is -2.53. The van der Waals surface area contributed by atoms with Gasteiger partial charge in [-0.2, -0.15) is 0 Å². The van der Waals surface area contributed by atoms with Crippen LogP contribution in [0.3, 0.4) is 0 Å². The zero-order valence-corrected chi connectivity index (χ0v) is 9.06. The molecule has 1 atom stereocenters. The normalized spacial score (nSPS) is 27.3. The Morgan fingerprint density at radius 2 is 2.36 bits per heavy atom. The molecule has 0 aromatic heterocycles. The fourth-order valence-electron chi connectivity index (χ4n) is 1.65. The minimum atomic E-state index is -0.162. The predicted molar refractivity (Wildman–Crippen MR) is 55.1 cm³/mol. The summed E-state index contributed by atoms with van der Waals surface area (Å²) in [4.78, 5) is 11.4. The van der Waals surface area contributed by atoms with Gasteiger partial charge in [-0.25, -0.2) is 0 Å². The van der Waals surface area contributed by atoms with Crippen LogP contribution in [-0.4, -0.2) is 37.7 Å². The minimum absolute atomic E-state index is 0.0554. The van der Waals surface area contributed by atoms with Gasteiger partial charge < -0.3 is 15.4 Å². The molecule has 4 nitrogen and oxygen atoms in total. The second-order valence-corrected chi connectivity index (χ2v) is 4.05. The van der Waals surface area contributed by atoms with Crippen molar-refractivity contribution in [1.82, 2.24) is 10.6 Å². The molecule has 0 spiro atoms. The number of nitrogens with one attached hydrogen (secondary N) is 2. The van der Waals surface area contributed by atoms with E-state index in [-0.39, 0.29) is 11.4 Å². The van der Waals surface area contributed by atoms with Crippen molar-refractivity contribution in [2.45, 2.75) is 32.2 Å². The average Bonchev–Trinajstić information content (AvgIpc) is 2.15. The molecule has 0 aliphatic carbocycles. The third-order valence-electron chi connectivity index (χ3n) is 2.41. The Kier molecular flexibility index (Phi) is 4.35. The predicted octanol–water partition coefficient (Wildman–Crippen LogP) is 0.281. The first kappa shape index (κ1) is 11.5. The maximum Gasteiger partial charge on any atom is 0.234 e. The summed E-state index contributed by atoms with van der Waals surface area (Å²) in [6, 6.07) is 0. The van der Waals surface area contributed by atoms with Gasteiger partial charge in [0.1, 0.15) is 0 Å². The maximum atomic E-state index is 11.4. The van der Waals surface area contributed by atoms with Crippen LogP contribution in [0, 0.1) is 0 Å². The van der Waals surface area contributed by atoms with Crippen molar-refractivity contribution in [1.29, 1.82) is 0 Å². The molecular weight excluding hydrogens is 180 g/mol. The third-order valence-corrected chi connectivity index (χ3v) is 2.41. The van der Waals surface area contributed by atoms with Crippen LogP contribution in [-0.2, 0) is 9.53 Å². The maximum absolute atomic E-state index is 11.4. The topological polar surface area (TPSA) is 50.4 Å². The first-order chi connectivity index (χ1) is 6.66. The highest BCUT2D eigenvalue weighted by Crippen LogP contribution is 2.17. The summed E-state index contributed by atoms with van der Waals surface area (Å²) >= 11 is 0. The summed E-state index contributed by atoms with van der Waals surface area (Å²) in [7, 11) is 0. The van der Waals surface area contributed by atoms with Gasteiger partial charge in [0.05, 0.1) is 18.7 Å². The molecule has 1 amide bonds. The van der Waals surface area contributed by atoms with Crippen molar-refractivity contribution in [3.8, 4) is 0 Å². The lowest BCUT2D eigenvalue weighted by atomic mass is 9.95. The number of rotatable bonds is 4. The van der Waals surface area contributed by atoms with Gasteiger partial charge in [0.25, 0.3) is 0 Å². The number of likely N-dealkylation sites (N-methyl/N-ethyl adjacent to an activating group) is 1. The van der Waals surface area contributed by atoms with Crippen molar-refractivity contribution < 1.29 is 9.53 Å². The molecule has 14 heavy (non-hydrogen) atoms. The summed E-state index contributed by atoms with van der Waals surface area (Å²) in [5, 5.41) is 6.01. The third kappa shape index (κ3) is 3.64. The van der Waals surface area contributed by atoms with Crippen molar-refractivity contribution in [3.05, 3.63) is 0 Å². The number of carbonyl (C=O) groups excluding carboxylic acids is 1. The highest BCUT2D eigenvalue weighted by atomic mass is 16.5. The molecule has 0 aromatic carbocycles. The van der Waals surface area contributed by atoms with E-state index in [1.807, 2.05) is 13.8 Å². The van der Waals surface area contributed by atoms with E-state index in [9.17, 15) is 4.79 Å². The number of carbonyl (C=O) groups is 1. The summed E-state index contributed by atoms with van der Waals surface area (Å²) < 4.78 is 5.36. The van der Waals surface area contributed by atoms with Crippen LogP contribution in [0.15, 0.2) is 0 Å². The van der Waals surface area contributed by atoms with Crippen LogP contribution < -0.4 is 10.6 Å². The summed E-state index contributed by atoms with van der Waals surface area (Å²) in [5.74, 6) is 0.0554. The monoisotopic (exact) mass is 200 g/mol. The van der Waals surface area contributed by atoms with Crippen molar-refractivity contribution in [2.75, 3.05) is 26.3 Å². The fourth-order valence-corrected chi connectivity index (χ4v) is 1.65. The van der Waals surface area contributed by atoms with Crippen LogP contribution in [0.25, 0.3) is 0 Å². The summed E-state index contributed by atoms with van der Waals surface area (Å²) in [5.41, 5.74) is -0.162. The van der Waals surface area contributed by atoms with Gasteiger partial charge in [0, 0.05) is 6.61 Å². The first-order valence-electron chi connectivity index (χ1n) is 5.26. The number of ether oxygens (including phenoxy) is 1. The highest BCUT2D eigenvalue weighted by Gasteiger charge is 2.28. The Morgan fingerprint density at radius 3 is 2.93 bits per heavy atom. The SMILES string of the molecule is CCNCC(=O)NC1(C)CCCOC1. The smallest absolute Gasteiger partial charge is 0.234 e. The molecule has 2 N–H and O–H groups in total. The molecule has 1 saturated heterocycles. The molecule has 1 rings (SSSR count). The zero-order valence-electron chi connectivity index (χ0n) is 9.06. The number of amides is 1. The van der Waals surface area contributed by atoms with Gasteiger partial charge in [-0.1, -0.05) is 6.92 Å². The van der Waals surface area contributed by atoms with E-state index in [4.69, 9.17) is 4.74 Å². The second kappa shape index (κ2) is 5.32. The molecule has 1 fully saturated rings. The van der Waals surface area contributed by atoms with E-state index in [1.54, 1.807) is 0 Å². The Hall–Kier alpha value is -0.610. The van der Waals surface area contributed by atoms with Crippen molar-refractivity contribution in [3.63, 3.8) is 0 Å². The molecular formula is C10H20N2O2. The number of hydrogen-bond donors (Lipinski definition) is 2. The van der Waals surface area contributed by atoms with E-state index < -0.39 is 0 Å². The van der Waals surface area contributed by atoms with Crippen LogP contribution in [0.2, 0.25) is 0 Å². The zero-order chi connectivity index (χ0) is 10.4. The minimum Gasteiger partial charge on any atom is -0.379 e. The number of hydrogen-bond acceptors (Lipinski definition) is 3. The van der Waals surface area contributed by atoms with E-state index in [2.05, 4.69) is 10.6 Å². The van der Waals surface area contributed by atoms with Gasteiger partial charge in [-0.3, -0.25) is 4.79 Å². The average molecular weight is 200 g/mol. The quantitative estimate of drug-likeness (QED) is 0.685. The molecule has 1 heterocycles. The van der Waals surface area contributed by atoms with Gasteiger partial charge in [-0.15, -0.1) is 0 Å². The molecule has 4 heteroatoms. The van der Waals surface area contributed by atoms with Crippen molar-refractivity contribution >= 4 is 5.91 Å². The Labute approximate surface area is 85.4 Å². The van der Waals surface area contributed by atoms with Crippen molar-refractivity contribution in [2.24, 2.45) is 0 Å². The van der Waals surface area contributed by atoms with E-state index in [1.165, 1.54) is 0 Å². The lowest BCUT2D eigenvalue weighted by Gasteiger charge is -2.34. The molecule has 82 valence electrons. The van der Waals surface area contributed by atoms with Crippen LogP contribution in [0.1, 0.15) is 26.7 Å². The first-order valence-corrected chi connectivity index (χ1v) is 5.26. The second-order valence-electron chi connectivity index (χ2n) is 4.05. The largest absolute Gasteiger partial charge is 0.379 e. The molecule has 1 aliphatic rings. The molecule has 0 saturated carbocycles. The summed E-state index contributed by atoms with van der Waals surface area (Å²) in [6.45, 7) is 6.69. The van der Waals surface area contributed by atoms with Gasteiger partial charge >= 0.3 is 0 Å². The van der Waals surface area contributed by atoms with Gasteiger partial charge in [-0.05, 0) is 26.3 Å². The fraction of sp³-hybridized carbons (Fsp3) is 0.900. The van der Waals surface area contributed by atoms with Crippen LogP contribution >= 0.6 is 0 Å². The highest BCUT2D eigenvalue weighted by molar-refractivity contribution is 5.78. The standard InChI is InChI=1S/C10H20N2O2/c1-3-11-7-9(13)12-10(2)5-4-6-14-8-10/h11H,3-8H2,1-2H3,(H,12,13). The van der Waals surface area contributed by atoms with Gasteiger partial charge in [0.15, 0.2) is 0 Å². The van der Waals surface area contributed by atoms with Gasteiger partial charge in [0.2, 0.25) is 5.91 Å². The Morgan fingerprint density at radius 1 is 1.57 bits per heavy atom. The van der Waals surface area contributed by atoms with Crippen LogP contribution in [0.5, 0.6) is 0 Å². The molecule has 0 bridgehead atoms. The Balaban J connectivity index is 2.29. The van der Waals surface area contributed by atoms with E-state index in [0.717, 1.165) is 26.0 Å². The lowest BCUT2D eigenvalue weighted by molar-refractivity contribution is -0.123. The molecule has 1 unspecified atom stereocenters.